The minimum absolute atomic E-state index is 0.195. The fraction of sp³-hybridized carbons (Fsp3) is 0.250. The zero-order valence-electron chi connectivity index (χ0n) is 11.4. The summed E-state index contributed by atoms with van der Waals surface area (Å²) in [4.78, 5) is 11.1. The van der Waals surface area contributed by atoms with E-state index in [0.29, 0.717) is 6.04 Å². The van der Waals surface area contributed by atoms with Crippen LogP contribution in [0, 0.1) is 5.82 Å². The summed E-state index contributed by atoms with van der Waals surface area (Å²) in [5, 5.41) is 2.05. The molecule has 0 atom stereocenters. The lowest BCUT2D eigenvalue weighted by Crippen LogP contribution is -2.26. The highest BCUT2D eigenvalue weighted by atomic mass is 32.1. The Labute approximate surface area is 126 Å². The Kier molecular flexibility index (Phi) is 3.07. The number of hydrogen-bond acceptors (Lipinski definition) is 4. The Bertz CT molecular complexity index is 765. The molecule has 1 aromatic carbocycles. The summed E-state index contributed by atoms with van der Waals surface area (Å²) < 4.78 is 14.2. The van der Waals surface area contributed by atoms with E-state index in [2.05, 4.69) is 14.9 Å². The maximum Gasteiger partial charge on any atom is 0.150 e. The molecule has 0 amide bonds. The Hall–Kier alpha value is -2.01. The number of fused-ring (bicyclic) bond motifs is 1. The van der Waals surface area contributed by atoms with Crippen LogP contribution in [0.2, 0.25) is 0 Å². The van der Waals surface area contributed by atoms with Crippen molar-refractivity contribution in [3.05, 3.63) is 53.4 Å². The molecule has 5 heteroatoms. The van der Waals surface area contributed by atoms with E-state index in [0.717, 1.165) is 28.1 Å². The van der Waals surface area contributed by atoms with Gasteiger partial charge in [0.2, 0.25) is 0 Å². The van der Waals surface area contributed by atoms with Crippen LogP contribution in [0.15, 0.2) is 42.0 Å². The summed E-state index contributed by atoms with van der Waals surface area (Å²) >= 11 is 1.67. The highest BCUT2D eigenvalue weighted by Gasteiger charge is 2.31. The topological polar surface area (TPSA) is 29.0 Å². The van der Waals surface area contributed by atoms with Crippen LogP contribution in [0.1, 0.15) is 18.4 Å². The molecule has 2 aromatic heterocycles. The van der Waals surface area contributed by atoms with Crippen LogP contribution in [-0.4, -0.2) is 16.0 Å². The van der Waals surface area contributed by atoms with Gasteiger partial charge in [-0.05, 0) is 42.0 Å². The fourth-order valence-corrected chi connectivity index (χ4v) is 3.38. The standard InChI is InChI=1S/C16H14FN3S/c17-12-3-1-11(2-4-12)9-20(13-5-6-13)16-15-14(7-8-21-15)18-10-19-16/h1-4,7-8,10,13H,5-6,9H2. The minimum atomic E-state index is -0.195. The quantitative estimate of drug-likeness (QED) is 0.729. The molecule has 1 saturated carbocycles. The molecule has 0 bridgehead atoms. The molecule has 106 valence electrons. The second kappa shape index (κ2) is 5.07. The Morgan fingerprint density at radius 2 is 1.95 bits per heavy atom. The smallest absolute Gasteiger partial charge is 0.150 e. The number of nitrogens with zero attached hydrogens (tertiary/aromatic N) is 3. The molecule has 0 aliphatic heterocycles. The number of hydrogen-bond donors (Lipinski definition) is 0. The molecule has 21 heavy (non-hydrogen) atoms. The van der Waals surface area contributed by atoms with Crippen molar-refractivity contribution in [2.24, 2.45) is 0 Å². The molecule has 3 nitrogen and oxygen atoms in total. The second-order valence-corrected chi connectivity index (χ2v) is 6.23. The van der Waals surface area contributed by atoms with E-state index in [1.807, 2.05) is 23.6 Å². The van der Waals surface area contributed by atoms with Crippen molar-refractivity contribution in [2.75, 3.05) is 4.90 Å². The predicted octanol–water partition coefficient (Wildman–Crippen LogP) is 4.00. The van der Waals surface area contributed by atoms with Crippen molar-refractivity contribution in [3.63, 3.8) is 0 Å². The van der Waals surface area contributed by atoms with Gasteiger partial charge in [0.15, 0.2) is 5.82 Å². The third-order valence-corrected chi connectivity index (χ3v) is 4.65. The Morgan fingerprint density at radius 1 is 1.14 bits per heavy atom. The number of rotatable bonds is 4. The summed E-state index contributed by atoms with van der Waals surface area (Å²) in [5.74, 6) is 0.807. The molecular formula is C16H14FN3S. The van der Waals surface area contributed by atoms with Gasteiger partial charge in [-0.2, -0.15) is 0 Å². The molecule has 1 aliphatic rings. The van der Waals surface area contributed by atoms with E-state index in [-0.39, 0.29) is 5.82 Å². The van der Waals surface area contributed by atoms with Gasteiger partial charge in [-0.1, -0.05) is 12.1 Å². The van der Waals surface area contributed by atoms with Crippen molar-refractivity contribution in [3.8, 4) is 0 Å². The van der Waals surface area contributed by atoms with Gasteiger partial charge >= 0.3 is 0 Å². The van der Waals surface area contributed by atoms with Crippen LogP contribution >= 0.6 is 11.3 Å². The molecular weight excluding hydrogens is 285 g/mol. The van der Waals surface area contributed by atoms with Crippen molar-refractivity contribution in [1.82, 2.24) is 9.97 Å². The van der Waals surface area contributed by atoms with Crippen LogP contribution in [0.5, 0.6) is 0 Å². The van der Waals surface area contributed by atoms with Crippen molar-refractivity contribution in [2.45, 2.75) is 25.4 Å². The van der Waals surface area contributed by atoms with Crippen LogP contribution in [0.25, 0.3) is 10.2 Å². The number of thiophene rings is 1. The third-order valence-electron chi connectivity index (χ3n) is 3.75. The van der Waals surface area contributed by atoms with Gasteiger partial charge in [-0.15, -0.1) is 11.3 Å². The van der Waals surface area contributed by atoms with Gasteiger partial charge in [0.05, 0.1) is 10.2 Å². The monoisotopic (exact) mass is 299 g/mol. The van der Waals surface area contributed by atoms with Crippen molar-refractivity contribution in [1.29, 1.82) is 0 Å². The van der Waals surface area contributed by atoms with Gasteiger partial charge in [-0.25, -0.2) is 14.4 Å². The number of halogens is 1. The maximum absolute atomic E-state index is 13.1. The van der Waals surface area contributed by atoms with Crippen LogP contribution in [0.4, 0.5) is 10.2 Å². The molecule has 0 spiro atoms. The third kappa shape index (κ3) is 2.49. The predicted molar refractivity (Wildman–Crippen MR) is 83.0 cm³/mol. The first-order chi connectivity index (χ1) is 10.3. The van der Waals surface area contributed by atoms with E-state index in [1.165, 1.54) is 25.0 Å². The first-order valence-electron chi connectivity index (χ1n) is 7.00. The fourth-order valence-electron chi connectivity index (χ4n) is 2.53. The summed E-state index contributed by atoms with van der Waals surface area (Å²) in [7, 11) is 0. The Morgan fingerprint density at radius 3 is 2.71 bits per heavy atom. The molecule has 0 radical (unpaired) electrons. The van der Waals surface area contributed by atoms with Crippen LogP contribution in [-0.2, 0) is 6.54 Å². The number of aromatic nitrogens is 2. The van der Waals surface area contributed by atoms with Crippen LogP contribution in [0.3, 0.4) is 0 Å². The lowest BCUT2D eigenvalue weighted by Gasteiger charge is -2.24. The van der Waals surface area contributed by atoms with E-state index >= 15 is 0 Å². The molecule has 0 N–H and O–H groups in total. The molecule has 0 unspecified atom stereocenters. The van der Waals surface area contributed by atoms with E-state index < -0.39 is 0 Å². The van der Waals surface area contributed by atoms with Gasteiger partial charge in [0.25, 0.3) is 0 Å². The largest absolute Gasteiger partial charge is 0.348 e. The summed E-state index contributed by atoms with van der Waals surface area (Å²) in [6.07, 6.45) is 4.01. The van der Waals surface area contributed by atoms with Gasteiger partial charge < -0.3 is 4.90 Å². The number of benzene rings is 1. The first-order valence-corrected chi connectivity index (χ1v) is 7.88. The maximum atomic E-state index is 13.1. The highest BCUT2D eigenvalue weighted by molar-refractivity contribution is 7.17. The summed E-state index contributed by atoms with van der Waals surface area (Å²) in [6, 6.07) is 9.28. The summed E-state index contributed by atoms with van der Waals surface area (Å²) in [5.41, 5.74) is 2.10. The molecule has 3 aromatic rings. The van der Waals surface area contributed by atoms with Crippen molar-refractivity contribution >= 4 is 27.4 Å². The zero-order chi connectivity index (χ0) is 14.2. The normalized spacial score (nSPS) is 14.5. The summed E-state index contributed by atoms with van der Waals surface area (Å²) in [6.45, 7) is 0.759. The average Bonchev–Trinajstić information content (AvgIpc) is 3.23. The second-order valence-electron chi connectivity index (χ2n) is 5.32. The van der Waals surface area contributed by atoms with E-state index in [9.17, 15) is 4.39 Å². The van der Waals surface area contributed by atoms with E-state index in [4.69, 9.17) is 0 Å². The highest BCUT2D eigenvalue weighted by Crippen LogP contribution is 2.36. The Balaban J connectivity index is 1.71. The van der Waals surface area contributed by atoms with E-state index in [1.54, 1.807) is 17.7 Å². The SMILES string of the molecule is Fc1ccc(CN(c2ncnc3ccsc23)C2CC2)cc1. The van der Waals surface area contributed by atoms with Gasteiger partial charge in [0, 0.05) is 12.6 Å². The van der Waals surface area contributed by atoms with Crippen molar-refractivity contribution < 1.29 is 4.39 Å². The first kappa shape index (κ1) is 12.7. The molecule has 0 saturated heterocycles. The van der Waals surface area contributed by atoms with Gasteiger partial charge in [0.1, 0.15) is 12.1 Å². The molecule has 1 aliphatic carbocycles. The zero-order valence-corrected chi connectivity index (χ0v) is 12.2. The minimum Gasteiger partial charge on any atom is -0.348 e. The van der Waals surface area contributed by atoms with Crippen LogP contribution < -0.4 is 4.90 Å². The number of anilines is 1. The molecule has 1 fully saturated rings. The molecule has 2 heterocycles. The lowest BCUT2D eigenvalue weighted by molar-refractivity contribution is 0.626. The lowest BCUT2D eigenvalue weighted by atomic mass is 10.2. The average molecular weight is 299 g/mol. The molecule has 4 rings (SSSR count). The van der Waals surface area contributed by atoms with Gasteiger partial charge in [-0.3, -0.25) is 0 Å².